The summed E-state index contributed by atoms with van der Waals surface area (Å²) in [5, 5.41) is 6.10. The highest BCUT2D eigenvalue weighted by Gasteiger charge is 2.51. The summed E-state index contributed by atoms with van der Waals surface area (Å²) in [5.41, 5.74) is -0.0304. The second-order valence-corrected chi connectivity index (χ2v) is 8.50. The van der Waals surface area contributed by atoms with Crippen LogP contribution in [0.1, 0.15) is 58.8 Å². The SMILES string of the molecule is COC(=O)[C@H](CC(C)C)NC(=O)NC12CC3CC(CC(C3)C1)C2. The van der Waals surface area contributed by atoms with Crippen LogP contribution in [0.4, 0.5) is 4.79 Å². The fourth-order valence-corrected chi connectivity index (χ4v) is 5.53. The van der Waals surface area contributed by atoms with E-state index in [1.54, 1.807) is 0 Å². The van der Waals surface area contributed by atoms with Crippen LogP contribution in [0.15, 0.2) is 0 Å². The van der Waals surface area contributed by atoms with Crippen LogP contribution < -0.4 is 10.6 Å². The molecule has 5 heteroatoms. The van der Waals surface area contributed by atoms with Crippen molar-refractivity contribution in [1.29, 1.82) is 0 Å². The Morgan fingerprint density at radius 3 is 2.04 bits per heavy atom. The van der Waals surface area contributed by atoms with Gasteiger partial charge in [-0.15, -0.1) is 0 Å². The molecule has 1 atom stereocenters. The highest BCUT2D eigenvalue weighted by Crippen LogP contribution is 2.55. The van der Waals surface area contributed by atoms with Gasteiger partial charge in [0.25, 0.3) is 0 Å². The lowest BCUT2D eigenvalue weighted by Gasteiger charge is -2.56. The number of carbonyl (C=O) groups is 2. The molecule has 0 saturated heterocycles. The van der Waals surface area contributed by atoms with Crippen molar-refractivity contribution >= 4 is 12.0 Å². The minimum absolute atomic E-state index is 0.0304. The Morgan fingerprint density at radius 1 is 1.09 bits per heavy atom. The van der Waals surface area contributed by atoms with Crippen molar-refractivity contribution in [3.8, 4) is 0 Å². The molecule has 0 heterocycles. The van der Waals surface area contributed by atoms with E-state index in [-0.39, 0.29) is 17.5 Å². The van der Waals surface area contributed by atoms with Crippen molar-refractivity contribution < 1.29 is 14.3 Å². The van der Waals surface area contributed by atoms with Gasteiger partial charge >= 0.3 is 12.0 Å². The first-order valence-corrected chi connectivity index (χ1v) is 9.05. The zero-order chi connectivity index (χ0) is 16.6. The van der Waals surface area contributed by atoms with Crippen molar-refractivity contribution in [2.24, 2.45) is 23.7 Å². The minimum Gasteiger partial charge on any atom is -0.467 e. The molecule has 0 spiro atoms. The van der Waals surface area contributed by atoms with Gasteiger partial charge in [-0.1, -0.05) is 13.8 Å². The highest BCUT2D eigenvalue weighted by molar-refractivity contribution is 5.83. The van der Waals surface area contributed by atoms with Crippen LogP contribution in [0, 0.1) is 23.7 Å². The maximum absolute atomic E-state index is 12.5. The molecule has 4 rings (SSSR count). The number of esters is 1. The maximum Gasteiger partial charge on any atom is 0.328 e. The van der Waals surface area contributed by atoms with E-state index in [9.17, 15) is 9.59 Å². The Hall–Kier alpha value is -1.26. The molecule has 2 amide bonds. The molecule has 0 aromatic rings. The van der Waals surface area contributed by atoms with Crippen LogP contribution in [-0.4, -0.2) is 30.7 Å². The van der Waals surface area contributed by atoms with Crippen LogP contribution in [0.2, 0.25) is 0 Å². The van der Waals surface area contributed by atoms with E-state index >= 15 is 0 Å². The first-order valence-electron chi connectivity index (χ1n) is 9.05. The van der Waals surface area contributed by atoms with Crippen LogP contribution in [-0.2, 0) is 9.53 Å². The largest absolute Gasteiger partial charge is 0.467 e. The van der Waals surface area contributed by atoms with E-state index in [4.69, 9.17) is 4.74 Å². The molecule has 4 aliphatic rings. The molecular formula is C18H30N2O3. The van der Waals surface area contributed by atoms with Crippen LogP contribution in [0.5, 0.6) is 0 Å². The van der Waals surface area contributed by atoms with E-state index in [0.717, 1.165) is 37.0 Å². The van der Waals surface area contributed by atoms with Gasteiger partial charge in [0.1, 0.15) is 6.04 Å². The van der Waals surface area contributed by atoms with Gasteiger partial charge in [-0.05, 0) is 68.6 Å². The summed E-state index contributed by atoms with van der Waals surface area (Å²) in [7, 11) is 1.37. The van der Waals surface area contributed by atoms with Gasteiger partial charge in [0.2, 0.25) is 0 Å². The first-order chi connectivity index (χ1) is 10.9. The van der Waals surface area contributed by atoms with Gasteiger partial charge in [-0.3, -0.25) is 0 Å². The predicted molar refractivity (Wildman–Crippen MR) is 87.8 cm³/mol. The number of amides is 2. The van der Waals surface area contributed by atoms with Crippen molar-refractivity contribution in [1.82, 2.24) is 10.6 Å². The summed E-state index contributed by atoms with van der Waals surface area (Å²) >= 11 is 0. The van der Waals surface area contributed by atoms with E-state index in [1.165, 1.54) is 26.4 Å². The number of hydrogen-bond donors (Lipinski definition) is 2. The molecule has 0 aromatic heterocycles. The van der Waals surface area contributed by atoms with Crippen LogP contribution >= 0.6 is 0 Å². The van der Waals surface area contributed by atoms with E-state index in [2.05, 4.69) is 10.6 Å². The molecule has 0 unspecified atom stereocenters. The van der Waals surface area contributed by atoms with Crippen molar-refractivity contribution in [2.75, 3.05) is 7.11 Å². The molecule has 4 bridgehead atoms. The molecule has 4 aliphatic carbocycles. The van der Waals surface area contributed by atoms with Crippen molar-refractivity contribution in [3.63, 3.8) is 0 Å². The standard InChI is InChI=1S/C18H30N2O3/c1-11(2)4-15(16(21)23-3)19-17(22)20-18-8-12-5-13(9-18)7-14(6-12)10-18/h11-15H,4-10H2,1-3H3,(H2,19,20,22)/t12?,13?,14?,15-,18?/m0/s1. The smallest absolute Gasteiger partial charge is 0.328 e. The molecule has 2 N–H and O–H groups in total. The fourth-order valence-electron chi connectivity index (χ4n) is 5.53. The quantitative estimate of drug-likeness (QED) is 0.765. The average molecular weight is 322 g/mol. The third-order valence-electron chi connectivity index (χ3n) is 5.92. The van der Waals surface area contributed by atoms with Gasteiger partial charge in [0.05, 0.1) is 7.11 Å². The molecule has 0 radical (unpaired) electrons. The second-order valence-electron chi connectivity index (χ2n) is 8.50. The highest BCUT2D eigenvalue weighted by atomic mass is 16.5. The number of hydrogen-bond acceptors (Lipinski definition) is 3. The Kier molecular flexibility index (Phi) is 4.56. The lowest BCUT2D eigenvalue weighted by molar-refractivity contribution is -0.143. The molecule has 5 nitrogen and oxygen atoms in total. The molecule has 23 heavy (non-hydrogen) atoms. The predicted octanol–water partition coefficient (Wildman–Crippen LogP) is 2.84. The van der Waals surface area contributed by atoms with Gasteiger partial charge in [-0.25, -0.2) is 9.59 Å². The number of carbonyl (C=O) groups excluding carboxylic acids is 2. The molecule has 0 aromatic carbocycles. The third kappa shape index (κ3) is 3.64. The van der Waals surface area contributed by atoms with Crippen molar-refractivity contribution in [3.05, 3.63) is 0 Å². The number of nitrogens with one attached hydrogen (secondary N) is 2. The van der Waals surface area contributed by atoms with Gasteiger partial charge in [0.15, 0.2) is 0 Å². The van der Waals surface area contributed by atoms with Gasteiger partial charge in [-0.2, -0.15) is 0 Å². The Bertz CT molecular complexity index is 440. The van der Waals surface area contributed by atoms with Crippen LogP contribution in [0.3, 0.4) is 0 Å². The Balaban J connectivity index is 1.61. The van der Waals surface area contributed by atoms with E-state index < -0.39 is 6.04 Å². The lowest BCUT2D eigenvalue weighted by atomic mass is 9.53. The molecule has 4 fully saturated rings. The average Bonchev–Trinajstić information content (AvgIpc) is 2.43. The summed E-state index contributed by atoms with van der Waals surface area (Å²) < 4.78 is 4.83. The third-order valence-corrected chi connectivity index (χ3v) is 5.92. The fraction of sp³-hybridized carbons (Fsp3) is 0.889. The van der Waals surface area contributed by atoms with E-state index in [0.29, 0.717) is 12.3 Å². The van der Waals surface area contributed by atoms with Gasteiger partial charge < -0.3 is 15.4 Å². The first kappa shape index (κ1) is 16.6. The minimum atomic E-state index is -0.561. The summed E-state index contributed by atoms with van der Waals surface area (Å²) in [6.07, 6.45) is 7.97. The topological polar surface area (TPSA) is 67.4 Å². The summed E-state index contributed by atoms with van der Waals surface area (Å²) in [4.78, 5) is 24.4. The van der Waals surface area contributed by atoms with Crippen molar-refractivity contribution in [2.45, 2.75) is 70.4 Å². The maximum atomic E-state index is 12.5. The number of urea groups is 1. The van der Waals surface area contributed by atoms with Gasteiger partial charge in [0, 0.05) is 5.54 Å². The Labute approximate surface area is 138 Å². The summed E-state index contributed by atoms with van der Waals surface area (Å²) in [6, 6.07) is -0.767. The van der Waals surface area contributed by atoms with E-state index in [1.807, 2.05) is 13.8 Å². The molecule has 0 aliphatic heterocycles. The van der Waals surface area contributed by atoms with Crippen LogP contribution in [0.25, 0.3) is 0 Å². The normalized spacial score (nSPS) is 35.9. The monoisotopic (exact) mass is 322 g/mol. The number of rotatable bonds is 5. The summed E-state index contributed by atoms with van der Waals surface area (Å²) in [5.74, 6) is 2.31. The zero-order valence-electron chi connectivity index (χ0n) is 14.6. The molecule has 130 valence electrons. The second kappa shape index (κ2) is 6.33. The number of ether oxygens (including phenoxy) is 1. The summed E-state index contributed by atoms with van der Waals surface area (Å²) in [6.45, 7) is 4.07. The lowest BCUT2D eigenvalue weighted by Crippen LogP contribution is -2.62. The zero-order valence-corrected chi connectivity index (χ0v) is 14.6. The molecule has 4 saturated carbocycles. The Morgan fingerprint density at radius 2 is 1.61 bits per heavy atom. The number of methoxy groups -OCH3 is 1. The molecular weight excluding hydrogens is 292 g/mol.